The quantitative estimate of drug-likeness (QED) is 0.586. The van der Waals surface area contributed by atoms with Crippen LogP contribution in [0.15, 0.2) is 42.5 Å². The van der Waals surface area contributed by atoms with E-state index < -0.39 is 4.92 Å². The van der Waals surface area contributed by atoms with E-state index in [1.165, 1.54) is 23.1 Å². The zero-order valence-corrected chi connectivity index (χ0v) is 14.1. The maximum absolute atomic E-state index is 12.5. The van der Waals surface area contributed by atoms with Gasteiger partial charge in [0.1, 0.15) is 5.75 Å². The molecule has 6 nitrogen and oxygen atoms in total. The number of nitrogens with zero attached hydrogens (tertiary/aromatic N) is 2. The second kappa shape index (κ2) is 7.79. The van der Waals surface area contributed by atoms with Crippen molar-refractivity contribution in [3.63, 3.8) is 0 Å². The van der Waals surface area contributed by atoms with Gasteiger partial charge in [0.05, 0.1) is 11.5 Å². The lowest BCUT2D eigenvalue weighted by Gasteiger charge is -2.18. The molecule has 0 saturated heterocycles. The molecule has 2 aromatic rings. The number of hydrogen-bond acceptors (Lipinski definition) is 4. The third-order valence-corrected chi connectivity index (χ3v) is 3.78. The average molecular weight is 349 g/mol. The highest BCUT2D eigenvalue weighted by Gasteiger charge is 2.16. The number of hydrogen-bond donors (Lipinski definition) is 0. The van der Waals surface area contributed by atoms with E-state index in [2.05, 4.69) is 0 Å². The van der Waals surface area contributed by atoms with Gasteiger partial charge in [-0.25, -0.2) is 0 Å². The molecule has 7 heteroatoms. The number of carbonyl (C=O) groups is 1. The van der Waals surface area contributed by atoms with Crippen LogP contribution in [0.1, 0.15) is 22.8 Å². The van der Waals surface area contributed by atoms with E-state index in [4.69, 9.17) is 16.3 Å². The fourth-order valence-corrected chi connectivity index (χ4v) is 2.38. The smallest absolute Gasteiger partial charge is 0.269 e. The summed E-state index contributed by atoms with van der Waals surface area (Å²) in [4.78, 5) is 24.3. The average Bonchev–Trinajstić information content (AvgIpc) is 2.57. The van der Waals surface area contributed by atoms with Gasteiger partial charge in [0.2, 0.25) is 0 Å². The Bertz CT molecular complexity index is 747. The van der Waals surface area contributed by atoms with E-state index in [9.17, 15) is 14.9 Å². The van der Waals surface area contributed by atoms with Crippen LogP contribution in [0.2, 0.25) is 5.02 Å². The molecule has 0 aliphatic heterocycles. The summed E-state index contributed by atoms with van der Waals surface area (Å²) in [6.07, 6.45) is 0. The molecule has 0 unspecified atom stereocenters. The molecule has 0 aromatic heterocycles. The Morgan fingerprint density at radius 2 is 1.92 bits per heavy atom. The zero-order chi connectivity index (χ0) is 17.7. The van der Waals surface area contributed by atoms with E-state index in [-0.39, 0.29) is 18.1 Å². The number of halogens is 1. The predicted octanol–water partition coefficient (Wildman–Crippen LogP) is 3.92. The monoisotopic (exact) mass is 348 g/mol. The van der Waals surface area contributed by atoms with Gasteiger partial charge < -0.3 is 9.64 Å². The Hall–Kier alpha value is -2.60. The lowest BCUT2D eigenvalue weighted by atomic mass is 10.1. The molecule has 0 aliphatic carbocycles. The molecular formula is C17H17ClN2O4. The highest BCUT2D eigenvalue weighted by atomic mass is 35.5. The first kappa shape index (κ1) is 17.7. The lowest BCUT2D eigenvalue weighted by molar-refractivity contribution is -0.384. The van der Waals surface area contributed by atoms with Crippen LogP contribution in [-0.4, -0.2) is 29.4 Å². The second-order valence-electron chi connectivity index (χ2n) is 5.15. The highest BCUT2D eigenvalue weighted by molar-refractivity contribution is 6.31. The van der Waals surface area contributed by atoms with Gasteiger partial charge in [-0.3, -0.25) is 14.9 Å². The van der Waals surface area contributed by atoms with Crippen LogP contribution in [0.4, 0.5) is 5.69 Å². The van der Waals surface area contributed by atoms with Crippen molar-refractivity contribution in [1.82, 2.24) is 4.90 Å². The number of nitro benzene ring substituents is 1. The van der Waals surface area contributed by atoms with E-state index in [1.54, 1.807) is 31.3 Å². The number of benzene rings is 2. The largest absolute Gasteiger partial charge is 0.494 e. The number of rotatable bonds is 6. The van der Waals surface area contributed by atoms with Gasteiger partial charge in [-0.1, -0.05) is 11.6 Å². The molecule has 0 saturated carbocycles. The van der Waals surface area contributed by atoms with Crippen LogP contribution in [-0.2, 0) is 6.54 Å². The van der Waals surface area contributed by atoms with Crippen molar-refractivity contribution in [2.45, 2.75) is 13.5 Å². The highest BCUT2D eigenvalue weighted by Crippen LogP contribution is 2.24. The van der Waals surface area contributed by atoms with Gasteiger partial charge >= 0.3 is 0 Å². The van der Waals surface area contributed by atoms with Crippen molar-refractivity contribution in [2.24, 2.45) is 0 Å². The summed E-state index contributed by atoms with van der Waals surface area (Å²) in [6, 6.07) is 11.0. The summed E-state index contributed by atoms with van der Waals surface area (Å²) in [5, 5.41) is 11.2. The van der Waals surface area contributed by atoms with E-state index >= 15 is 0 Å². The first-order chi connectivity index (χ1) is 11.4. The summed E-state index contributed by atoms with van der Waals surface area (Å²) >= 11 is 6.07. The van der Waals surface area contributed by atoms with Crippen molar-refractivity contribution < 1.29 is 14.5 Å². The topological polar surface area (TPSA) is 72.7 Å². The Morgan fingerprint density at radius 3 is 2.50 bits per heavy atom. The SMILES string of the molecule is CCOc1ccc(C(=O)N(C)Cc2cc([N+](=O)[O-])ccc2Cl)cc1. The van der Waals surface area contributed by atoms with Gasteiger partial charge in [0.25, 0.3) is 11.6 Å². The Morgan fingerprint density at radius 1 is 1.25 bits per heavy atom. The Kier molecular flexibility index (Phi) is 5.76. The maximum Gasteiger partial charge on any atom is 0.269 e. The molecule has 24 heavy (non-hydrogen) atoms. The van der Waals surface area contributed by atoms with Crippen molar-refractivity contribution in [3.8, 4) is 5.75 Å². The fourth-order valence-electron chi connectivity index (χ4n) is 2.20. The minimum absolute atomic E-state index is 0.0590. The van der Waals surface area contributed by atoms with Crippen LogP contribution >= 0.6 is 11.6 Å². The Labute approximate surface area is 144 Å². The van der Waals surface area contributed by atoms with Crippen LogP contribution < -0.4 is 4.74 Å². The van der Waals surface area contributed by atoms with Crippen LogP contribution in [0.25, 0.3) is 0 Å². The summed E-state index contributed by atoms with van der Waals surface area (Å²) in [5.74, 6) is 0.485. The van der Waals surface area contributed by atoms with Crippen LogP contribution in [0, 0.1) is 10.1 Å². The fraction of sp³-hybridized carbons (Fsp3) is 0.235. The number of amides is 1. The summed E-state index contributed by atoms with van der Waals surface area (Å²) in [5.41, 5.74) is 0.964. The third-order valence-electron chi connectivity index (χ3n) is 3.41. The maximum atomic E-state index is 12.5. The minimum Gasteiger partial charge on any atom is -0.494 e. The van der Waals surface area contributed by atoms with E-state index in [0.717, 1.165) is 0 Å². The molecular weight excluding hydrogens is 332 g/mol. The zero-order valence-electron chi connectivity index (χ0n) is 13.4. The lowest BCUT2D eigenvalue weighted by Crippen LogP contribution is -2.26. The minimum atomic E-state index is -0.492. The predicted molar refractivity (Wildman–Crippen MR) is 91.5 cm³/mol. The molecule has 0 radical (unpaired) electrons. The standard InChI is InChI=1S/C17H17ClN2O4/c1-3-24-15-7-4-12(5-8-15)17(21)19(2)11-13-10-14(20(22)23)6-9-16(13)18/h4-10H,3,11H2,1-2H3. The van der Waals surface area contributed by atoms with Crippen molar-refractivity contribution >= 4 is 23.2 Å². The molecule has 0 atom stereocenters. The molecule has 2 rings (SSSR count). The second-order valence-corrected chi connectivity index (χ2v) is 5.56. The molecule has 1 amide bonds. The molecule has 126 valence electrons. The number of ether oxygens (including phenoxy) is 1. The van der Waals surface area contributed by atoms with Gasteiger partial charge in [-0.15, -0.1) is 0 Å². The van der Waals surface area contributed by atoms with E-state index in [0.29, 0.717) is 28.5 Å². The molecule has 2 aromatic carbocycles. The first-order valence-corrected chi connectivity index (χ1v) is 7.71. The van der Waals surface area contributed by atoms with Crippen molar-refractivity contribution in [2.75, 3.05) is 13.7 Å². The molecule has 0 bridgehead atoms. The van der Waals surface area contributed by atoms with Crippen LogP contribution in [0.5, 0.6) is 5.75 Å². The van der Waals surface area contributed by atoms with Crippen molar-refractivity contribution in [3.05, 3.63) is 68.7 Å². The molecule has 0 aliphatic rings. The van der Waals surface area contributed by atoms with E-state index in [1.807, 2.05) is 6.92 Å². The summed E-state index contributed by atoms with van der Waals surface area (Å²) in [6.45, 7) is 2.61. The number of carbonyl (C=O) groups excluding carboxylic acids is 1. The molecule has 0 spiro atoms. The number of non-ortho nitro benzene ring substituents is 1. The third kappa shape index (κ3) is 4.23. The van der Waals surface area contributed by atoms with Crippen LogP contribution in [0.3, 0.4) is 0 Å². The number of nitro groups is 1. The van der Waals surface area contributed by atoms with Gasteiger partial charge in [-0.05, 0) is 42.8 Å². The first-order valence-electron chi connectivity index (χ1n) is 7.33. The molecule has 0 heterocycles. The summed E-state index contributed by atoms with van der Waals surface area (Å²) < 4.78 is 5.34. The van der Waals surface area contributed by atoms with Gasteiger partial charge in [0.15, 0.2) is 0 Å². The Balaban J connectivity index is 2.14. The van der Waals surface area contributed by atoms with Crippen molar-refractivity contribution in [1.29, 1.82) is 0 Å². The van der Waals surface area contributed by atoms with Gasteiger partial charge in [0, 0.05) is 36.3 Å². The summed E-state index contributed by atoms with van der Waals surface area (Å²) in [7, 11) is 1.62. The van der Waals surface area contributed by atoms with Gasteiger partial charge in [-0.2, -0.15) is 0 Å². The molecule has 0 fully saturated rings. The molecule has 0 N–H and O–H groups in total. The normalized spacial score (nSPS) is 10.3.